The van der Waals surface area contributed by atoms with Gasteiger partial charge in [0.05, 0.1) is 0 Å². The summed E-state index contributed by atoms with van der Waals surface area (Å²) in [5.41, 5.74) is 2.73. The average Bonchev–Trinajstić information content (AvgIpc) is 3.45. The molecule has 0 saturated carbocycles. The van der Waals surface area contributed by atoms with E-state index in [1.807, 2.05) is 91.0 Å². The van der Waals surface area contributed by atoms with E-state index in [1.54, 1.807) is 4.90 Å². The lowest BCUT2D eigenvalue weighted by molar-refractivity contribution is -0.119. The molecule has 4 rings (SSSR count). The standard InChI is InChI=1S/C21H17NO2/c23-21(20-19(24-20)16-10-4-1-5-11-16)22(17-12-6-2-7-13-17)18-14-8-3-9-15-18/h1-15,19-20H/t19-,20-/m0/s1. The highest BCUT2D eigenvalue weighted by Gasteiger charge is 2.48. The second-order valence-electron chi connectivity index (χ2n) is 5.73. The fraction of sp³-hybridized carbons (Fsp3) is 0.0952. The molecule has 2 atom stereocenters. The third-order valence-corrected chi connectivity index (χ3v) is 4.11. The Bertz CT molecular complexity index is 779. The van der Waals surface area contributed by atoms with Crippen molar-refractivity contribution in [2.24, 2.45) is 0 Å². The van der Waals surface area contributed by atoms with E-state index < -0.39 is 6.10 Å². The van der Waals surface area contributed by atoms with Crippen molar-refractivity contribution in [3.05, 3.63) is 96.6 Å². The van der Waals surface area contributed by atoms with Gasteiger partial charge in [-0.3, -0.25) is 9.69 Å². The molecule has 0 N–H and O–H groups in total. The molecule has 0 bridgehead atoms. The largest absolute Gasteiger partial charge is 0.354 e. The van der Waals surface area contributed by atoms with Crippen LogP contribution >= 0.6 is 0 Å². The first-order chi connectivity index (χ1) is 11.8. The van der Waals surface area contributed by atoms with Crippen molar-refractivity contribution in [3.63, 3.8) is 0 Å². The third kappa shape index (κ3) is 2.82. The van der Waals surface area contributed by atoms with Crippen molar-refractivity contribution in [1.29, 1.82) is 0 Å². The Balaban J connectivity index is 1.64. The van der Waals surface area contributed by atoms with Gasteiger partial charge >= 0.3 is 0 Å². The number of nitrogens with zero attached hydrogens (tertiary/aromatic N) is 1. The van der Waals surface area contributed by atoms with Gasteiger partial charge in [0.2, 0.25) is 0 Å². The van der Waals surface area contributed by atoms with Crippen molar-refractivity contribution < 1.29 is 9.53 Å². The Labute approximate surface area is 141 Å². The summed E-state index contributed by atoms with van der Waals surface area (Å²) in [4.78, 5) is 14.8. The Morgan fingerprint density at radius 3 is 1.67 bits per heavy atom. The molecule has 1 aliphatic heterocycles. The number of epoxide rings is 1. The quantitative estimate of drug-likeness (QED) is 0.664. The normalized spacial score (nSPS) is 18.8. The van der Waals surface area contributed by atoms with Crippen LogP contribution in [-0.2, 0) is 9.53 Å². The van der Waals surface area contributed by atoms with Crippen LogP contribution < -0.4 is 4.90 Å². The minimum atomic E-state index is -0.437. The van der Waals surface area contributed by atoms with Crippen LogP contribution in [0.2, 0.25) is 0 Å². The van der Waals surface area contributed by atoms with Crippen LogP contribution in [0.15, 0.2) is 91.0 Å². The lowest BCUT2D eigenvalue weighted by atomic mass is 10.1. The Hall–Kier alpha value is -2.91. The second-order valence-corrected chi connectivity index (χ2v) is 5.73. The molecule has 1 saturated heterocycles. The SMILES string of the molecule is O=C([C@H]1O[C@H]1c1ccccc1)N(c1ccccc1)c1ccccc1. The van der Waals surface area contributed by atoms with Gasteiger partial charge in [-0.1, -0.05) is 66.7 Å². The molecule has 3 nitrogen and oxygen atoms in total. The lowest BCUT2D eigenvalue weighted by Crippen LogP contribution is -2.30. The smallest absolute Gasteiger partial charge is 0.263 e. The van der Waals surface area contributed by atoms with Crippen LogP contribution in [0.1, 0.15) is 11.7 Å². The number of hydrogen-bond acceptors (Lipinski definition) is 2. The van der Waals surface area contributed by atoms with Gasteiger partial charge in [0, 0.05) is 11.4 Å². The molecule has 3 heteroatoms. The zero-order valence-electron chi connectivity index (χ0n) is 13.1. The number of anilines is 2. The van der Waals surface area contributed by atoms with Gasteiger partial charge in [-0.15, -0.1) is 0 Å². The number of benzene rings is 3. The molecule has 1 heterocycles. The molecule has 0 aromatic heterocycles. The first-order valence-corrected chi connectivity index (χ1v) is 7.99. The number of amides is 1. The maximum absolute atomic E-state index is 13.1. The number of rotatable bonds is 4. The highest BCUT2D eigenvalue weighted by molar-refractivity contribution is 6.04. The average molecular weight is 315 g/mol. The van der Waals surface area contributed by atoms with E-state index in [2.05, 4.69) is 0 Å². The van der Waals surface area contributed by atoms with Gasteiger partial charge < -0.3 is 4.74 Å². The Morgan fingerprint density at radius 2 is 1.17 bits per heavy atom. The monoisotopic (exact) mass is 315 g/mol. The van der Waals surface area contributed by atoms with Crippen LogP contribution in [-0.4, -0.2) is 12.0 Å². The molecule has 1 fully saturated rings. The van der Waals surface area contributed by atoms with E-state index in [0.29, 0.717) is 0 Å². The van der Waals surface area contributed by atoms with Gasteiger partial charge in [-0.05, 0) is 29.8 Å². The van der Waals surface area contributed by atoms with Gasteiger partial charge in [0.1, 0.15) is 6.10 Å². The summed E-state index contributed by atoms with van der Waals surface area (Å²) in [6.45, 7) is 0. The summed E-state index contributed by atoms with van der Waals surface area (Å²) in [5.74, 6) is -0.0405. The molecule has 3 aromatic carbocycles. The first kappa shape index (κ1) is 14.7. The van der Waals surface area contributed by atoms with Crippen LogP contribution in [0.4, 0.5) is 11.4 Å². The highest BCUT2D eigenvalue weighted by atomic mass is 16.6. The third-order valence-electron chi connectivity index (χ3n) is 4.11. The molecule has 0 unspecified atom stereocenters. The fourth-order valence-corrected chi connectivity index (χ4v) is 2.88. The van der Waals surface area contributed by atoms with E-state index in [0.717, 1.165) is 16.9 Å². The van der Waals surface area contributed by atoms with Crippen molar-refractivity contribution >= 4 is 17.3 Å². The lowest BCUT2D eigenvalue weighted by Gasteiger charge is -2.22. The van der Waals surface area contributed by atoms with E-state index in [4.69, 9.17) is 4.74 Å². The summed E-state index contributed by atoms with van der Waals surface area (Å²) in [6, 6.07) is 29.2. The Kier molecular flexibility index (Phi) is 3.85. The second kappa shape index (κ2) is 6.30. The summed E-state index contributed by atoms with van der Waals surface area (Å²) in [7, 11) is 0. The number of carbonyl (C=O) groups is 1. The summed E-state index contributed by atoms with van der Waals surface area (Å²) in [6.07, 6.45) is -0.596. The number of para-hydroxylation sites is 2. The molecule has 0 aliphatic carbocycles. The van der Waals surface area contributed by atoms with Gasteiger partial charge in [-0.2, -0.15) is 0 Å². The topological polar surface area (TPSA) is 32.8 Å². The maximum atomic E-state index is 13.1. The van der Waals surface area contributed by atoms with Crippen LogP contribution in [0.25, 0.3) is 0 Å². The highest BCUT2D eigenvalue weighted by Crippen LogP contribution is 2.41. The number of ether oxygens (including phenoxy) is 1. The van der Waals surface area contributed by atoms with E-state index in [9.17, 15) is 4.79 Å². The van der Waals surface area contributed by atoms with Gasteiger partial charge in [0.15, 0.2) is 6.10 Å². The van der Waals surface area contributed by atoms with Gasteiger partial charge in [0.25, 0.3) is 5.91 Å². The molecule has 24 heavy (non-hydrogen) atoms. The molecular formula is C21H17NO2. The number of hydrogen-bond donors (Lipinski definition) is 0. The zero-order chi connectivity index (χ0) is 16.4. The molecule has 1 aliphatic rings. The van der Waals surface area contributed by atoms with Crippen molar-refractivity contribution in [3.8, 4) is 0 Å². The zero-order valence-corrected chi connectivity index (χ0v) is 13.1. The molecule has 0 radical (unpaired) electrons. The van der Waals surface area contributed by atoms with Crippen LogP contribution in [0.3, 0.4) is 0 Å². The molecule has 3 aromatic rings. The van der Waals surface area contributed by atoms with Crippen LogP contribution in [0.5, 0.6) is 0 Å². The van der Waals surface area contributed by atoms with Crippen molar-refractivity contribution in [2.75, 3.05) is 4.90 Å². The minimum absolute atomic E-state index is 0.0405. The van der Waals surface area contributed by atoms with E-state index >= 15 is 0 Å². The predicted octanol–water partition coefficient (Wildman–Crippen LogP) is 4.49. The van der Waals surface area contributed by atoms with E-state index in [1.165, 1.54) is 0 Å². The molecule has 1 amide bonds. The van der Waals surface area contributed by atoms with Crippen molar-refractivity contribution in [2.45, 2.75) is 12.2 Å². The fourth-order valence-electron chi connectivity index (χ4n) is 2.88. The summed E-state index contributed by atoms with van der Waals surface area (Å²) >= 11 is 0. The van der Waals surface area contributed by atoms with E-state index in [-0.39, 0.29) is 12.0 Å². The van der Waals surface area contributed by atoms with Crippen molar-refractivity contribution in [1.82, 2.24) is 0 Å². The minimum Gasteiger partial charge on any atom is -0.354 e. The van der Waals surface area contributed by atoms with Gasteiger partial charge in [-0.25, -0.2) is 0 Å². The predicted molar refractivity (Wildman–Crippen MR) is 94.1 cm³/mol. The molecule has 0 spiro atoms. The molecular weight excluding hydrogens is 298 g/mol. The first-order valence-electron chi connectivity index (χ1n) is 7.99. The number of carbonyl (C=O) groups excluding carboxylic acids is 1. The Morgan fingerprint density at radius 1 is 0.708 bits per heavy atom. The summed E-state index contributed by atoms with van der Waals surface area (Å²) in [5, 5.41) is 0. The van der Waals surface area contributed by atoms with Crippen LogP contribution in [0, 0.1) is 0 Å². The molecule has 118 valence electrons. The summed E-state index contributed by atoms with van der Waals surface area (Å²) < 4.78 is 5.70. The maximum Gasteiger partial charge on any atom is 0.263 e.